The number of benzene rings is 1. The molecule has 1 aliphatic rings. The molecule has 0 aromatic heterocycles. The number of aromatic carboxylic acids is 1. The van der Waals surface area contributed by atoms with Crippen LogP contribution in [-0.4, -0.2) is 36.9 Å². The standard InChI is InChI=1S/C12H16N2O4S/c1-8-4-5-14(7-8)19(17,18)11-3-2-9(13)6-10(11)12(15)16/h2-3,6,8H,4-5,7,13H2,1H3,(H,15,16). The number of carboxylic acids is 1. The van der Waals surface area contributed by atoms with Crippen LogP contribution in [0.5, 0.6) is 0 Å². The molecule has 7 heteroatoms. The second-order valence-electron chi connectivity index (χ2n) is 4.82. The summed E-state index contributed by atoms with van der Waals surface area (Å²) in [4.78, 5) is 11.0. The van der Waals surface area contributed by atoms with Gasteiger partial charge in [-0.2, -0.15) is 4.31 Å². The van der Waals surface area contributed by atoms with Crippen LogP contribution in [0, 0.1) is 5.92 Å². The zero-order valence-electron chi connectivity index (χ0n) is 10.5. The summed E-state index contributed by atoms with van der Waals surface area (Å²) in [5, 5.41) is 9.11. The van der Waals surface area contributed by atoms with E-state index in [1.807, 2.05) is 6.92 Å². The van der Waals surface area contributed by atoms with Gasteiger partial charge in [0.15, 0.2) is 0 Å². The highest BCUT2D eigenvalue weighted by Crippen LogP contribution is 2.27. The van der Waals surface area contributed by atoms with E-state index >= 15 is 0 Å². The zero-order chi connectivity index (χ0) is 14.2. The fraction of sp³-hybridized carbons (Fsp3) is 0.417. The normalized spacial score (nSPS) is 20.6. The Kier molecular flexibility index (Phi) is 3.51. The summed E-state index contributed by atoms with van der Waals surface area (Å²) in [6.45, 7) is 2.81. The van der Waals surface area contributed by atoms with Crippen LogP contribution in [0.15, 0.2) is 23.1 Å². The van der Waals surface area contributed by atoms with Crippen molar-refractivity contribution in [2.24, 2.45) is 5.92 Å². The largest absolute Gasteiger partial charge is 0.478 e. The molecule has 6 nitrogen and oxygen atoms in total. The molecule has 0 spiro atoms. The summed E-state index contributed by atoms with van der Waals surface area (Å²) >= 11 is 0. The lowest BCUT2D eigenvalue weighted by atomic mass is 10.2. The van der Waals surface area contributed by atoms with E-state index in [2.05, 4.69) is 0 Å². The Hall–Kier alpha value is -1.60. The van der Waals surface area contributed by atoms with Crippen LogP contribution in [0.25, 0.3) is 0 Å². The molecule has 104 valence electrons. The Balaban J connectivity index is 2.49. The van der Waals surface area contributed by atoms with Crippen molar-refractivity contribution in [2.75, 3.05) is 18.8 Å². The highest BCUT2D eigenvalue weighted by molar-refractivity contribution is 7.89. The molecule has 1 heterocycles. The third-order valence-electron chi connectivity index (χ3n) is 3.24. The van der Waals surface area contributed by atoms with Crippen LogP contribution >= 0.6 is 0 Å². The molecule has 0 saturated carbocycles. The number of hydrogen-bond acceptors (Lipinski definition) is 4. The van der Waals surface area contributed by atoms with Gasteiger partial charge in [-0.1, -0.05) is 6.92 Å². The summed E-state index contributed by atoms with van der Waals surface area (Å²) in [6.07, 6.45) is 0.788. The molecule has 19 heavy (non-hydrogen) atoms. The van der Waals surface area contributed by atoms with E-state index in [-0.39, 0.29) is 22.1 Å². The van der Waals surface area contributed by atoms with Gasteiger partial charge in [0.25, 0.3) is 0 Å². The molecular weight excluding hydrogens is 268 g/mol. The number of rotatable bonds is 3. The van der Waals surface area contributed by atoms with Crippen LogP contribution in [0.2, 0.25) is 0 Å². The van der Waals surface area contributed by atoms with Crippen LogP contribution in [-0.2, 0) is 10.0 Å². The minimum Gasteiger partial charge on any atom is -0.478 e. The fourth-order valence-electron chi connectivity index (χ4n) is 2.19. The Bertz CT molecular complexity index is 612. The smallest absolute Gasteiger partial charge is 0.337 e. The van der Waals surface area contributed by atoms with Gasteiger partial charge in [-0.05, 0) is 30.5 Å². The summed E-state index contributed by atoms with van der Waals surface area (Å²) < 4.78 is 26.2. The number of hydrogen-bond donors (Lipinski definition) is 2. The Morgan fingerprint density at radius 3 is 2.68 bits per heavy atom. The molecule has 1 saturated heterocycles. The summed E-state index contributed by atoms with van der Waals surface area (Å²) in [5.74, 6) is -1.00. The zero-order valence-corrected chi connectivity index (χ0v) is 11.4. The SMILES string of the molecule is CC1CCN(S(=O)(=O)c2ccc(N)cc2C(=O)O)C1. The molecule has 1 aliphatic heterocycles. The van der Waals surface area contributed by atoms with Crippen molar-refractivity contribution >= 4 is 21.7 Å². The Morgan fingerprint density at radius 1 is 1.47 bits per heavy atom. The van der Waals surface area contributed by atoms with Crippen molar-refractivity contribution in [2.45, 2.75) is 18.2 Å². The molecule has 0 radical (unpaired) electrons. The van der Waals surface area contributed by atoms with Gasteiger partial charge in [0.1, 0.15) is 0 Å². The first-order chi connectivity index (χ1) is 8.82. The third-order valence-corrected chi connectivity index (χ3v) is 5.16. The maximum atomic E-state index is 12.4. The van der Waals surface area contributed by atoms with Gasteiger partial charge in [-0.3, -0.25) is 0 Å². The van der Waals surface area contributed by atoms with Crippen LogP contribution < -0.4 is 5.73 Å². The van der Waals surface area contributed by atoms with Crippen molar-refractivity contribution in [3.63, 3.8) is 0 Å². The maximum Gasteiger partial charge on any atom is 0.337 e. The average Bonchev–Trinajstić information content (AvgIpc) is 2.76. The molecule has 0 amide bonds. The van der Waals surface area contributed by atoms with Crippen molar-refractivity contribution < 1.29 is 18.3 Å². The van der Waals surface area contributed by atoms with Gasteiger partial charge < -0.3 is 10.8 Å². The lowest BCUT2D eigenvalue weighted by molar-refractivity contribution is 0.0692. The summed E-state index contributed by atoms with van der Waals surface area (Å²) in [5.41, 5.74) is 5.46. The topological polar surface area (TPSA) is 101 Å². The maximum absolute atomic E-state index is 12.4. The number of nitrogens with two attached hydrogens (primary N) is 1. The summed E-state index contributed by atoms with van der Waals surface area (Å²) in [6, 6.07) is 3.84. The number of anilines is 1. The quantitative estimate of drug-likeness (QED) is 0.806. The van der Waals surface area contributed by atoms with E-state index in [9.17, 15) is 13.2 Å². The van der Waals surface area contributed by atoms with E-state index in [1.54, 1.807) is 0 Å². The molecule has 0 bridgehead atoms. The fourth-order valence-corrected chi connectivity index (χ4v) is 3.93. The second-order valence-corrected chi connectivity index (χ2v) is 6.72. The van der Waals surface area contributed by atoms with Crippen LogP contribution in [0.1, 0.15) is 23.7 Å². The predicted molar refractivity (Wildman–Crippen MR) is 70.4 cm³/mol. The first kappa shape index (κ1) is 13.8. The molecular formula is C12H16N2O4S. The minimum atomic E-state index is -3.77. The molecule has 1 unspecified atom stereocenters. The highest BCUT2D eigenvalue weighted by atomic mass is 32.2. The minimum absolute atomic E-state index is 0.191. The lowest BCUT2D eigenvalue weighted by Gasteiger charge is -2.17. The second kappa shape index (κ2) is 4.82. The van der Waals surface area contributed by atoms with Gasteiger partial charge in [0, 0.05) is 18.8 Å². The van der Waals surface area contributed by atoms with Gasteiger partial charge in [0.2, 0.25) is 10.0 Å². The van der Waals surface area contributed by atoms with E-state index in [4.69, 9.17) is 10.8 Å². The van der Waals surface area contributed by atoms with E-state index in [0.29, 0.717) is 13.1 Å². The molecule has 1 fully saturated rings. The number of nitrogen functional groups attached to an aromatic ring is 1. The first-order valence-electron chi connectivity index (χ1n) is 5.95. The molecule has 1 atom stereocenters. The Morgan fingerprint density at radius 2 is 2.16 bits per heavy atom. The van der Waals surface area contributed by atoms with Gasteiger partial charge >= 0.3 is 5.97 Å². The number of carboxylic acid groups (broad SMARTS) is 1. The van der Waals surface area contributed by atoms with Crippen LogP contribution in [0.4, 0.5) is 5.69 Å². The predicted octanol–water partition coefficient (Wildman–Crippen LogP) is 0.998. The van der Waals surface area contributed by atoms with Gasteiger partial charge in [-0.15, -0.1) is 0 Å². The molecule has 0 aliphatic carbocycles. The van der Waals surface area contributed by atoms with E-state index in [1.165, 1.54) is 22.5 Å². The Labute approximate surface area is 111 Å². The number of carbonyl (C=O) groups is 1. The number of sulfonamides is 1. The van der Waals surface area contributed by atoms with Gasteiger partial charge in [0.05, 0.1) is 10.5 Å². The van der Waals surface area contributed by atoms with E-state index < -0.39 is 16.0 Å². The van der Waals surface area contributed by atoms with Crippen LogP contribution in [0.3, 0.4) is 0 Å². The lowest BCUT2D eigenvalue weighted by Crippen LogP contribution is -2.30. The molecule has 1 aromatic carbocycles. The third kappa shape index (κ3) is 2.57. The highest BCUT2D eigenvalue weighted by Gasteiger charge is 2.33. The molecule has 1 aromatic rings. The average molecular weight is 284 g/mol. The van der Waals surface area contributed by atoms with Crippen molar-refractivity contribution in [3.8, 4) is 0 Å². The number of nitrogens with zero attached hydrogens (tertiary/aromatic N) is 1. The monoisotopic (exact) mass is 284 g/mol. The van der Waals surface area contributed by atoms with Crippen molar-refractivity contribution in [1.82, 2.24) is 4.31 Å². The molecule has 3 N–H and O–H groups in total. The molecule has 2 rings (SSSR count). The van der Waals surface area contributed by atoms with Gasteiger partial charge in [-0.25, -0.2) is 13.2 Å². The van der Waals surface area contributed by atoms with E-state index in [0.717, 1.165) is 6.42 Å². The first-order valence-corrected chi connectivity index (χ1v) is 7.39. The van der Waals surface area contributed by atoms with Crippen molar-refractivity contribution in [3.05, 3.63) is 23.8 Å². The summed E-state index contributed by atoms with van der Waals surface area (Å²) in [7, 11) is -3.77. The van der Waals surface area contributed by atoms with Crippen molar-refractivity contribution in [1.29, 1.82) is 0 Å².